The summed E-state index contributed by atoms with van der Waals surface area (Å²) in [5, 5.41) is 14.0. The molecule has 0 aromatic heterocycles. The Bertz CT molecular complexity index is 1120. The summed E-state index contributed by atoms with van der Waals surface area (Å²) in [5.74, 6) is 0.699. The number of ether oxygens (including phenoxy) is 1. The maximum Gasteiger partial charge on any atom is 0.137 e. The van der Waals surface area contributed by atoms with E-state index in [4.69, 9.17) is 9.73 Å². The smallest absolute Gasteiger partial charge is 0.137 e. The number of phenols is 1. The van der Waals surface area contributed by atoms with Crippen molar-refractivity contribution in [3.8, 4) is 11.5 Å². The average molecular weight is 548 g/mol. The number of phenolic OH excluding ortho intramolecular Hbond substituents is 1. The van der Waals surface area contributed by atoms with Gasteiger partial charge in [-0.2, -0.15) is 0 Å². The summed E-state index contributed by atoms with van der Waals surface area (Å²) >= 11 is 6.76. The topological polar surface area (TPSA) is 53.8 Å². The highest BCUT2D eigenvalue weighted by atomic mass is 79.9. The summed E-state index contributed by atoms with van der Waals surface area (Å²) in [7, 11) is 0. The highest BCUT2D eigenvalue weighted by molar-refractivity contribution is 9.10. The van der Waals surface area contributed by atoms with Crippen LogP contribution in [0.25, 0.3) is 0 Å². The van der Waals surface area contributed by atoms with Gasteiger partial charge < -0.3 is 9.84 Å². The predicted molar refractivity (Wildman–Crippen MR) is 127 cm³/mol. The maximum absolute atomic E-state index is 13.8. The van der Waals surface area contributed by atoms with Crippen LogP contribution in [0.3, 0.4) is 0 Å². The monoisotopic (exact) mass is 546 g/mol. The van der Waals surface area contributed by atoms with E-state index in [1.807, 2.05) is 37.3 Å². The fraction of sp³-hybridized carbons (Fsp3) is 0.208. The molecule has 160 valence electrons. The second kappa shape index (κ2) is 9.51. The lowest BCUT2D eigenvalue weighted by atomic mass is 9.93. The van der Waals surface area contributed by atoms with Gasteiger partial charge in [-0.05, 0) is 88.6 Å². The molecule has 2 atom stereocenters. The molecule has 0 bridgehead atoms. The zero-order valence-corrected chi connectivity index (χ0v) is 20.0. The van der Waals surface area contributed by atoms with Crippen molar-refractivity contribution in [2.24, 2.45) is 4.99 Å². The normalized spacial score (nSPS) is 18.5. The van der Waals surface area contributed by atoms with E-state index >= 15 is 0 Å². The van der Waals surface area contributed by atoms with E-state index in [9.17, 15) is 9.50 Å². The molecule has 0 spiro atoms. The molecule has 3 aromatic rings. The van der Waals surface area contributed by atoms with E-state index in [2.05, 4.69) is 37.2 Å². The largest absolute Gasteiger partial charge is 0.508 e. The van der Waals surface area contributed by atoms with Crippen LogP contribution in [0.4, 0.5) is 4.39 Å². The minimum Gasteiger partial charge on any atom is -0.508 e. The molecule has 4 rings (SSSR count). The van der Waals surface area contributed by atoms with Gasteiger partial charge in [-0.25, -0.2) is 4.39 Å². The molecule has 0 saturated carbocycles. The number of aromatic hydroxyl groups is 1. The lowest BCUT2D eigenvalue weighted by molar-refractivity contribution is 0.340. The Labute approximate surface area is 197 Å². The van der Waals surface area contributed by atoms with Crippen LogP contribution in [0, 0.1) is 5.82 Å². The number of benzene rings is 3. The summed E-state index contributed by atoms with van der Waals surface area (Å²) in [6, 6.07) is 17.9. The van der Waals surface area contributed by atoms with Crippen LogP contribution in [0.1, 0.15) is 42.2 Å². The lowest BCUT2D eigenvalue weighted by Gasteiger charge is -2.31. The van der Waals surface area contributed by atoms with Crippen LogP contribution < -0.4 is 10.1 Å². The molecule has 3 aromatic carbocycles. The SMILES string of the molecule is CCOc1ccc(C2=NC(c3ccc(F)c(Br)c3)NC(c3cc(Br)ccc3O)C2)cc1. The van der Waals surface area contributed by atoms with E-state index in [1.54, 1.807) is 24.3 Å². The van der Waals surface area contributed by atoms with Gasteiger partial charge in [-0.15, -0.1) is 0 Å². The third kappa shape index (κ3) is 5.00. The van der Waals surface area contributed by atoms with Gasteiger partial charge in [-0.3, -0.25) is 10.3 Å². The van der Waals surface area contributed by atoms with E-state index in [0.29, 0.717) is 17.5 Å². The molecular formula is C24H21Br2FN2O2. The second-order valence-electron chi connectivity index (χ2n) is 7.24. The van der Waals surface area contributed by atoms with Crippen molar-refractivity contribution < 1.29 is 14.2 Å². The van der Waals surface area contributed by atoms with E-state index in [0.717, 1.165) is 32.6 Å². The molecule has 0 aliphatic carbocycles. The van der Waals surface area contributed by atoms with Crippen molar-refractivity contribution >= 4 is 37.6 Å². The average Bonchev–Trinajstić information content (AvgIpc) is 2.78. The Balaban J connectivity index is 1.74. The number of aliphatic imine (C=N–C) groups is 1. The van der Waals surface area contributed by atoms with Crippen LogP contribution >= 0.6 is 31.9 Å². The first-order valence-corrected chi connectivity index (χ1v) is 11.5. The highest BCUT2D eigenvalue weighted by Crippen LogP contribution is 2.36. The second-order valence-corrected chi connectivity index (χ2v) is 9.01. The maximum atomic E-state index is 13.8. The number of nitrogens with zero attached hydrogens (tertiary/aromatic N) is 1. The van der Waals surface area contributed by atoms with E-state index in [-0.39, 0.29) is 17.6 Å². The molecule has 1 aliphatic heterocycles. The molecule has 0 radical (unpaired) electrons. The fourth-order valence-electron chi connectivity index (χ4n) is 3.65. The van der Waals surface area contributed by atoms with E-state index in [1.165, 1.54) is 6.07 Å². The zero-order chi connectivity index (χ0) is 22.0. The summed E-state index contributed by atoms with van der Waals surface area (Å²) in [6.07, 6.45) is 0.201. The van der Waals surface area contributed by atoms with Crippen LogP contribution in [0.2, 0.25) is 0 Å². The molecule has 4 nitrogen and oxygen atoms in total. The first-order chi connectivity index (χ1) is 14.9. The van der Waals surface area contributed by atoms with Crippen LogP contribution in [-0.4, -0.2) is 17.4 Å². The molecule has 2 unspecified atom stereocenters. The summed E-state index contributed by atoms with van der Waals surface area (Å²) in [5.41, 5.74) is 3.49. The molecule has 7 heteroatoms. The Morgan fingerprint density at radius 2 is 1.87 bits per heavy atom. The number of nitrogens with one attached hydrogen (secondary N) is 1. The molecule has 1 heterocycles. The number of hydrogen-bond acceptors (Lipinski definition) is 4. The zero-order valence-electron chi connectivity index (χ0n) is 16.8. The molecule has 0 fully saturated rings. The molecule has 0 saturated heterocycles. The summed E-state index contributed by atoms with van der Waals surface area (Å²) in [6.45, 7) is 2.56. The quantitative estimate of drug-likeness (QED) is 0.374. The molecule has 2 N–H and O–H groups in total. The van der Waals surface area contributed by atoms with Crippen LogP contribution in [0.15, 0.2) is 74.6 Å². The number of rotatable bonds is 5. The van der Waals surface area contributed by atoms with Crippen LogP contribution in [-0.2, 0) is 0 Å². The minimum atomic E-state index is -0.393. The van der Waals surface area contributed by atoms with Crippen molar-refractivity contribution in [2.75, 3.05) is 6.61 Å². The molecule has 1 aliphatic rings. The molecule has 0 amide bonds. The number of hydrogen-bond donors (Lipinski definition) is 2. The van der Waals surface area contributed by atoms with Crippen molar-refractivity contribution in [3.63, 3.8) is 0 Å². The van der Waals surface area contributed by atoms with Gasteiger partial charge in [0.2, 0.25) is 0 Å². The minimum absolute atomic E-state index is 0.176. The summed E-state index contributed by atoms with van der Waals surface area (Å²) < 4.78 is 20.6. The first-order valence-electron chi connectivity index (χ1n) is 9.94. The van der Waals surface area contributed by atoms with Crippen molar-refractivity contribution in [3.05, 3.63) is 92.1 Å². The predicted octanol–water partition coefficient (Wildman–Crippen LogP) is 6.68. The Kier molecular flexibility index (Phi) is 6.74. The van der Waals surface area contributed by atoms with Gasteiger partial charge in [0.1, 0.15) is 23.5 Å². The van der Waals surface area contributed by atoms with Gasteiger partial charge >= 0.3 is 0 Å². The Morgan fingerprint density at radius 3 is 2.58 bits per heavy atom. The fourth-order valence-corrected chi connectivity index (χ4v) is 4.42. The van der Waals surface area contributed by atoms with Crippen molar-refractivity contribution in [1.82, 2.24) is 5.32 Å². The Hall–Kier alpha value is -2.22. The molecular weight excluding hydrogens is 527 g/mol. The van der Waals surface area contributed by atoms with Gasteiger partial charge in [-0.1, -0.05) is 22.0 Å². The third-order valence-electron chi connectivity index (χ3n) is 5.16. The van der Waals surface area contributed by atoms with Crippen LogP contribution in [0.5, 0.6) is 11.5 Å². The van der Waals surface area contributed by atoms with Gasteiger partial charge in [0.25, 0.3) is 0 Å². The van der Waals surface area contributed by atoms with E-state index < -0.39 is 6.17 Å². The Morgan fingerprint density at radius 1 is 1.10 bits per heavy atom. The van der Waals surface area contributed by atoms with Crippen molar-refractivity contribution in [2.45, 2.75) is 25.6 Å². The van der Waals surface area contributed by atoms with Gasteiger partial charge in [0.15, 0.2) is 0 Å². The standard InChI is InChI=1S/C24H21Br2FN2O2/c1-2-31-17-7-3-14(4-8-17)21-13-22(18-12-16(25)6-10-23(18)30)29-24(28-21)15-5-9-20(27)19(26)11-15/h3-12,22,24,29-30H,2,13H2,1H3. The highest BCUT2D eigenvalue weighted by Gasteiger charge is 2.28. The lowest BCUT2D eigenvalue weighted by Crippen LogP contribution is -2.33. The van der Waals surface area contributed by atoms with Gasteiger partial charge in [0.05, 0.1) is 11.1 Å². The molecule has 31 heavy (non-hydrogen) atoms. The van der Waals surface area contributed by atoms with Crippen molar-refractivity contribution in [1.29, 1.82) is 0 Å². The number of halogens is 3. The third-order valence-corrected chi connectivity index (χ3v) is 6.27. The summed E-state index contributed by atoms with van der Waals surface area (Å²) in [4.78, 5) is 4.92. The van der Waals surface area contributed by atoms with Gasteiger partial charge in [0, 0.05) is 28.2 Å². The first kappa shape index (κ1) is 22.0.